The molecule has 1 aromatic heterocycles. The van der Waals surface area contributed by atoms with Crippen LogP contribution in [0.5, 0.6) is 0 Å². The summed E-state index contributed by atoms with van der Waals surface area (Å²) >= 11 is 0. The minimum atomic E-state index is -5.90. The van der Waals surface area contributed by atoms with Gasteiger partial charge in [0.15, 0.2) is 5.78 Å². The second kappa shape index (κ2) is 11.1. The fourth-order valence-electron chi connectivity index (χ4n) is 8.74. The molecule has 2 saturated carbocycles. The summed E-state index contributed by atoms with van der Waals surface area (Å²) in [5, 5.41) is 11.4. The number of ketones is 1. The summed E-state index contributed by atoms with van der Waals surface area (Å²) in [6.45, 7) is 1.88. The van der Waals surface area contributed by atoms with Gasteiger partial charge in [0.1, 0.15) is 5.60 Å². The van der Waals surface area contributed by atoms with Crippen LogP contribution in [0.4, 0.5) is 22.0 Å². The predicted molar refractivity (Wildman–Crippen MR) is 158 cm³/mol. The molecule has 0 spiro atoms. The van der Waals surface area contributed by atoms with Crippen LogP contribution in [0.3, 0.4) is 0 Å². The van der Waals surface area contributed by atoms with Gasteiger partial charge in [0.05, 0.1) is 0 Å². The molecule has 1 heterocycles. The highest BCUT2D eigenvalue weighted by atomic mass is 19.4. The fourth-order valence-corrected chi connectivity index (χ4v) is 8.74. The van der Waals surface area contributed by atoms with E-state index in [4.69, 9.17) is 0 Å². The Balaban J connectivity index is 1.36. The lowest BCUT2D eigenvalue weighted by Crippen LogP contribution is -2.65. The quantitative estimate of drug-likeness (QED) is 0.343. The normalized spacial score (nSPS) is 29.9. The van der Waals surface area contributed by atoms with Crippen molar-refractivity contribution in [3.05, 3.63) is 88.3 Å². The molecule has 5 nitrogen and oxygen atoms in total. The molecule has 4 aliphatic carbocycles. The highest BCUT2D eigenvalue weighted by molar-refractivity contribution is 5.94. The number of pyridine rings is 1. The molecule has 1 amide bonds. The summed E-state index contributed by atoms with van der Waals surface area (Å²) in [6.07, 6.45) is 0.972. The number of allylic oxidation sites excluding steroid dienone is 4. The van der Waals surface area contributed by atoms with E-state index in [1.165, 1.54) is 6.92 Å². The first-order valence-corrected chi connectivity index (χ1v) is 15.6. The van der Waals surface area contributed by atoms with Crippen molar-refractivity contribution in [2.75, 3.05) is 13.6 Å². The largest absolute Gasteiger partial charge is 0.456 e. The summed E-state index contributed by atoms with van der Waals surface area (Å²) in [6, 6.07) is 10.6. The average Bonchev–Trinajstić information content (AvgIpc) is 3.30. The Hall–Kier alpha value is -3.40. The van der Waals surface area contributed by atoms with Crippen LogP contribution in [0, 0.1) is 17.3 Å². The lowest BCUT2D eigenvalue weighted by Gasteiger charge is -2.56. The first kappa shape index (κ1) is 31.6. The molecule has 45 heavy (non-hydrogen) atoms. The van der Waals surface area contributed by atoms with Gasteiger partial charge in [-0.2, -0.15) is 22.0 Å². The molecule has 2 unspecified atom stereocenters. The van der Waals surface area contributed by atoms with Crippen molar-refractivity contribution in [2.45, 2.75) is 81.9 Å². The van der Waals surface area contributed by atoms with Gasteiger partial charge in [0.25, 0.3) is 5.91 Å². The maximum Gasteiger partial charge on any atom is 0.456 e. The predicted octanol–water partition coefficient (Wildman–Crippen LogP) is 7.22. The molecule has 6 rings (SSSR count). The number of carbonyl (C=O) groups excluding carboxylic acids is 2. The van der Waals surface area contributed by atoms with Gasteiger partial charge >= 0.3 is 12.1 Å². The zero-order valence-electron chi connectivity index (χ0n) is 25.3. The average molecular weight is 629 g/mol. The van der Waals surface area contributed by atoms with Crippen molar-refractivity contribution in [1.82, 2.24) is 9.88 Å². The Morgan fingerprint density at radius 1 is 1.02 bits per heavy atom. The maximum atomic E-state index is 15.2. The molecule has 2 aromatic rings. The highest BCUT2D eigenvalue weighted by Crippen LogP contribution is 2.70. The second-order valence-electron chi connectivity index (χ2n) is 13.4. The number of halogens is 5. The molecule has 4 aliphatic rings. The number of nitrogens with zero attached hydrogens (tertiary/aromatic N) is 2. The van der Waals surface area contributed by atoms with Gasteiger partial charge in [-0.15, -0.1) is 0 Å². The summed E-state index contributed by atoms with van der Waals surface area (Å²) in [5.74, 6) is -6.87. The Labute approximate surface area is 259 Å². The molecule has 5 atom stereocenters. The number of hydrogen-bond donors (Lipinski definition) is 1. The fraction of sp³-hybridized carbons (Fsp3) is 0.514. The number of benzene rings is 1. The Kier molecular flexibility index (Phi) is 7.82. The molecule has 1 aromatic carbocycles. The van der Waals surface area contributed by atoms with Crippen LogP contribution in [0.15, 0.2) is 71.6 Å². The molecule has 2 fully saturated rings. The number of fused-ring (bicyclic) bond motifs is 4. The van der Waals surface area contributed by atoms with E-state index < -0.39 is 41.4 Å². The number of aliphatic hydroxyl groups is 1. The van der Waals surface area contributed by atoms with Crippen LogP contribution < -0.4 is 0 Å². The molecule has 0 radical (unpaired) electrons. The zero-order chi connectivity index (χ0) is 32.4. The topological polar surface area (TPSA) is 70.5 Å². The number of aromatic nitrogens is 1. The third-order valence-electron chi connectivity index (χ3n) is 11.2. The zero-order valence-corrected chi connectivity index (χ0v) is 25.3. The van der Waals surface area contributed by atoms with Crippen LogP contribution in [0.1, 0.15) is 79.3 Å². The monoisotopic (exact) mass is 628 g/mol. The van der Waals surface area contributed by atoms with Crippen molar-refractivity contribution < 1.29 is 36.6 Å². The lowest BCUT2D eigenvalue weighted by atomic mass is 9.50. The van der Waals surface area contributed by atoms with E-state index in [1.54, 1.807) is 54.7 Å². The van der Waals surface area contributed by atoms with Gasteiger partial charge in [-0.1, -0.05) is 24.6 Å². The molecular weight excluding hydrogens is 591 g/mol. The third kappa shape index (κ3) is 5.04. The van der Waals surface area contributed by atoms with E-state index in [0.717, 1.165) is 22.3 Å². The van der Waals surface area contributed by atoms with Gasteiger partial charge in [0, 0.05) is 49.3 Å². The molecule has 1 N–H and O–H groups in total. The minimum Gasteiger partial charge on any atom is -0.383 e. The highest BCUT2D eigenvalue weighted by Gasteiger charge is 2.79. The van der Waals surface area contributed by atoms with Crippen LogP contribution in [0.25, 0.3) is 0 Å². The van der Waals surface area contributed by atoms with Crippen molar-refractivity contribution in [3.8, 4) is 0 Å². The van der Waals surface area contributed by atoms with E-state index in [2.05, 4.69) is 4.98 Å². The number of hydrogen-bond acceptors (Lipinski definition) is 4. The molecule has 0 bridgehead atoms. The van der Waals surface area contributed by atoms with Crippen molar-refractivity contribution in [1.29, 1.82) is 0 Å². The number of carbonyl (C=O) groups is 2. The SMILES string of the molecule is CN(CCc1ccncc1)C(=O)c1ccc([C@H]2CC3(C)[C@@H](CC[C@@]3(O)C(F)(F)C(F)(F)F)C3CCC4=CC(=O)CCC4=C32)cc1. The molecule has 0 saturated heterocycles. The van der Waals surface area contributed by atoms with E-state index in [1.807, 2.05) is 12.1 Å². The molecule has 240 valence electrons. The molecule has 10 heteroatoms. The van der Waals surface area contributed by atoms with Crippen LogP contribution in [0.2, 0.25) is 0 Å². The number of rotatable bonds is 6. The Morgan fingerprint density at radius 2 is 1.71 bits per heavy atom. The number of likely N-dealkylation sites (N-methyl/N-ethyl adjacent to an activating group) is 1. The standard InChI is InChI=1S/C35H37F5N2O3/c1-32-20-28(22-3-5-23(6-4-22)31(44)42(2)18-14-21-12-16-41-17-13-21)30-26-10-8-25(43)19-24(26)7-9-27(30)29(32)11-15-33(32,45)34(36,37)35(38,39)40/h3-6,12-13,16-17,19,27-29,45H,7-11,14-15,18,20H2,1-2H3/t27?,28-,29+,32?,33+/m1/s1. The van der Waals surface area contributed by atoms with Crippen LogP contribution in [-0.4, -0.2) is 58.0 Å². The Morgan fingerprint density at radius 3 is 2.38 bits per heavy atom. The van der Waals surface area contributed by atoms with Gasteiger partial charge in [-0.3, -0.25) is 14.6 Å². The van der Waals surface area contributed by atoms with E-state index in [9.17, 15) is 27.9 Å². The summed E-state index contributed by atoms with van der Waals surface area (Å²) in [7, 11) is 1.71. The van der Waals surface area contributed by atoms with Gasteiger partial charge in [-0.05, 0) is 109 Å². The van der Waals surface area contributed by atoms with E-state index in [0.29, 0.717) is 49.8 Å². The van der Waals surface area contributed by atoms with E-state index >= 15 is 8.78 Å². The molecular formula is C35H37F5N2O3. The van der Waals surface area contributed by atoms with Gasteiger partial charge < -0.3 is 10.0 Å². The lowest BCUT2D eigenvalue weighted by molar-refractivity contribution is -0.362. The van der Waals surface area contributed by atoms with Crippen molar-refractivity contribution in [2.24, 2.45) is 17.3 Å². The molecule has 0 aliphatic heterocycles. The smallest absolute Gasteiger partial charge is 0.383 e. The van der Waals surface area contributed by atoms with Gasteiger partial charge in [-0.25, -0.2) is 0 Å². The van der Waals surface area contributed by atoms with Crippen molar-refractivity contribution >= 4 is 11.7 Å². The summed E-state index contributed by atoms with van der Waals surface area (Å²) < 4.78 is 71.9. The minimum absolute atomic E-state index is 0.0287. The third-order valence-corrected chi connectivity index (χ3v) is 11.2. The van der Waals surface area contributed by atoms with Crippen molar-refractivity contribution in [3.63, 3.8) is 0 Å². The summed E-state index contributed by atoms with van der Waals surface area (Å²) in [5.41, 5.74) is 0.105. The Bertz CT molecular complexity index is 1550. The first-order valence-electron chi connectivity index (χ1n) is 15.6. The second-order valence-corrected chi connectivity index (χ2v) is 13.4. The number of alkyl halides is 5. The number of amides is 1. The van der Waals surface area contributed by atoms with Gasteiger partial charge in [0.2, 0.25) is 0 Å². The van der Waals surface area contributed by atoms with Crippen LogP contribution in [-0.2, 0) is 11.2 Å². The first-order chi connectivity index (χ1) is 21.2. The maximum absolute atomic E-state index is 15.2. The van der Waals surface area contributed by atoms with Crippen LogP contribution >= 0.6 is 0 Å². The van der Waals surface area contributed by atoms with E-state index in [-0.39, 0.29) is 30.4 Å². The summed E-state index contributed by atoms with van der Waals surface area (Å²) in [4.78, 5) is 31.1.